The Kier molecular flexibility index (Phi) is 4.73. The molecule has 0 N–H and O–H groups in total. The molecule has 0 bridgehead atoms. The van der Waals surface area contributed by atoms with E-state index in [0.717, 1.165) is 43.4 Å². The molecule has 27 heavy (non-hydrogen) atoms. The molecular formula is C23H25NO3. The molecule has 4 nitrogen and oxygen atoms in total. The molecule has 140 valence electrons. The van der Waals surface area contributed by atoms with E-state index < -0.39 is 5.41 Å². The SMILES string of the molecule is CC1Cc2ccccc2N1C(=O)COC(=O)C1(c2ccccc2)CCCC1. The second kappa shape index (κ2) is 7.18. The monoisotopic (exact) mass is 363 g/mol. The van der Waals surface area contributed by atoms with Gasteiger partial charge in [0, 0.05) is 11.7 Å². The highest BCUT2D eigenvalue weighted by Crippen LogP contribution is 2.42. The molecule has 1 heterocycles. The van der Waals surface area contributed by atoms with Crippen molar-refractivity contribution in [3.8, 4) is 0 Å². The number of hydrogen-bond acceptors (Lipinski definition) is 3. The molecule has 0 radical (unpaired) electrons. The zero-order chi connectivity index (χ0) is 18.9. The van der Waals surface area contributed by atoms with Crippen molar-refractivity contribution in [1.82, 2.24) is 0 Å². The van der Waals surface area contributed by atoms with Crippen LogP contribution < -0.4 is 4.90 Å². The van der Waals surface area contributed by atoms with Gasteiger partial charge in [-0.2, -0.15) is 0 Å². The summed E-state index contributed by atoms with van der Waals surface area (Å²) in [5.74, 6) is -0.415. The molecule has 4 rings (SSSR count). The number of esters is 1. The van der Waals surface area contributed by atoms with Crippen LogP contribution in [0.4, 0.5) is 5.69 Å². The topological polar surface area (TPSA) is 46.6 Å². The maximum Gasteiger partial charge on any atom is 0.317 e. The molecule has 1 amide bonds. The maximum atomic E-state index is 13.0. The van der Waals surface area contributed by atoms with Crippen molar-refractivity contribution >= 4 is 17.6 Å². The van der Waals surface area contributed by atoms with Crippen LogP contribution in [0.5, 0.6) is 0 Å². The molecule has 0 saturated heterocycles. The number of benzene rings is 2. The second-order valence-electron chi connectivity index (χ2n) is 7.68. The number of fused-ring (bicyclic) bond motifs is 1. The minimum absolute atomic E-state index is 0.0863. The Bertz CT molecular complexity index is 840. The Morgan fingerprint density at radius 3 is 2.44 bits per heavy atom. The Morgan fingerprint density at radius 1 is 1.04 bits per heavy atom. The molecule has 0 aromatic heterocycles. The van der Waals surface area contributed by atoms with Gasteiger partial charge in [0.2, 0.25) is 0 Å². The van der Waals surface area contributed by atoms with E-state index in [1.807, 2.05) is 61.5 Å². The summed E-state index contributed by atoms with van der Waals surface area (Å²) < 4.78 is 5.59. The third-order valence-corrected chi connectivity index (χ3v) is 5.98. The van der Waals surface area contributed by atoms with Crippen LogP contribution in [-0.2, 0) is 26.2 Å². The minimum atomic E-state index is -0.601. The number of nitrogens with zero attached hydrogens (tertiary/aromatic N) is 1. The van der Waals surface area contributed by atoms with Gasteiger partial charge < -0.3 is 9.64 Å². The van der Waals surface area contributed by atoms with Gasteiger partial charge in [-0.3, -0.25) is 9.59 Å². The Morgan fingerprint density at radius 2 is 1.70 bits per heavy atom. The van der Waals surface area contributed by atoms with E-state index in [1.54, 1.807) is 4.90 Å². The Labute approximate surface area is 160 Å². The lowest BCUT2D eigenvalue weighted by molar-refractivity contribution is -0.153. The van der Waals surface area contributed by atoms with Gasteiger partial charge in [-0.15, -0.1) is 0 Å². The fraction of sp³-hybridized carbons (Fsp3) is 0.391. The first kappa shape index (κ1) is 17.8. The summed E-state index contributed by atoms with van der Waals surface area (Å²) >= 11 is 0. The summed E-state index contributed by atoms with van der Waals surface area (Å²) in [7, 11) is 0. The van der Waals surface area contributed by atoms with E-state index >= 15 is 0 Å². The quantitative estimate of drug-likeness (QED) is 0.771. The number of hydrogen-bond donors (Lipinski definition) is 0. The first-order valence-corrected chi connectivity index (χ1v) is 9.74. The fourth-order valence-corrected chi connectivity index (χ4v) is 4.63. The summed E-state index contributed by atoms with van der Waals surface area (Å²) in [5.41, 5.74) is 2.50. The number of anilines is 1. The third kappa shape index (κ3) is 3.14. The lowest BCUT2D eigenvalue weighted by atomic mass is 9.79. The highest BCUT2D eigenvalue weighted by molar-refractivity contribution is 5.98. The summed E-state index contributed by atoms with van der Waals surface area (Å²) in [6.07, 6.45) is 4.42. The van der Waals surface area contributed by atoms with Crippen molar-refractivity contribution in [2.45, 2.75) is 50.5 Å². The molecule has 1 aliphatic heterocycles. The first-order chi connectivity index (χ1) is 13.1. The molecule has 2 aromatic carbocycles. The molecule has 1 fully saturated rings. The molecule has 1 aliphatic carbocycles. The Balaban J connectivity index is 1.48. The van der Waals surface area contributed by atoms with E-state index in [1.165, 1.54) is 5.56 Å². The zero-order valence-electron chi connectivity index (χ0n) is 15.7. The van der Waals surface area contributed by atoms with Gasteiger partial charge in [0.25, 0.3) is 5.91 Å². The smallest absolute Gasteiger partial charge is 0.317 e. The molecule has 0 spiro atoms. The molecule has 1 saturated carbocycles. The molecule has 1 atom stereocenters. The van der Waals surface area contributed by atoms with Crippen molar-refractivity contribution < 1.29 is 14.3 Å². The van der Waals surface area contributed by atoms with Crippen LogP contribution in [0.1, 0.15) is 43.7 Å². The van der Waals surface area contributed by atoms with Crippen molar-refractivity contribution in [3.05, 3.63) is 65.7 Å². The lowest BCUT2D eigenvalue weighted by Crippen LogP contribution is -2.41. The molecule has 2 aliphatic rings. The van der Waals surface area contributed by atoms with E-state index in [2.05, 4.69) is 0 Å². The molecular weight excluding hydrogens is 338 g/mol. The van der Waals surface area contributed by atoms with E-state index in [0.29, 0.717) is 0 Å². The average Bonchev–Trinajstić information content (AvgIpc) is 3.31. The maximum absolute atomic E-state index is 13.0. The standard InChI is InChI=1S/C23H25NO3/c1-17-15-18-9-5-6-12-20(18)24(17)21(25)16-27-22(26)23(13-7-8-14-23)19-10-3-2-4-11-19/h2-6,9-12,17H,7-8,13-16H2,1H3. The summed E-state index contributed by atoms with van der Waals surface area (Å²) in [5, 5.41) is 0. The van der Waals surface area contributed by atoms with Crippen molar-refractivity contribution in [2.75, 3.05) is 11.5 Å². The molecule has 1 unspecified atom stereocenters. The number of amides is 1. The fourth-order valence-electron chi connectivity index (χ4n) is 4.63. The highest BCUT2D eigenvalue weighted by atomic mass is 16.5. The van der Waals surface area contributed by atoms with Crippen molar-refractivity contribution in [3.63, 3.8) is 0 Å². The number of carbonyl (C=O) groups excluding carboxylic acids is 2. The molecule has 4 heteroatoms. The van der Waals surface area contributed by atoms with E-state index in [9.17, 15) is 9.59 Å². The second-order valence-corrected chi connectivity index (χ2v) is 7.68. The van der Waals surface area contributed by atoms with Crippen LogP contribution >= 0.6 is 0 Å². The lowest BCUT2D eigenvalue weighted by Gasteiger charge is -2.28. The minimum Gasteiger partial charge on any atom is -0.455 e. The van der Waals surface area contributed by atoms with Gasteiger partial charge in [0.05, 0.1) is 5.41 Å². The first-order valence-electron chi connectivity index (χ1n) is 9.74. The summed E-state index contributed by atoms with van der Waals surface area (Å²) in [6, 6.07) is 17.9. The zero-order valence-corrected chi connectivity index (χ0v) is 15.7. The number of carbonyl (C=O) groups is 2. The molecule has 2 aromatic rings. The van der Waals surface area contributed by atoms with Gasteiger partial charge in [-0.1, -0.05) is 61.4 Å². The van der Waals surface area contributed by atoms with Gasteiger partial charge in [0.15, 0.2) is 6.61 Å². The van der Waals surface area contributed by atoms with Gasteiger partial charge in [0.1, 0.15) is 0 Å². The van der Waals surface area contributed by atoms with Gasteiger partial charge in [-0.25, -0.2) is 0 Å². The largest absolute Gasteiger partial charge is 0.455 e. The predicted molar refractivity (Wildman–Crippen MR) is 105 cm³/mol. The van der Waals surface area contributed by atoms with Crippen LogP contribution in [-0.4, -0.2) is 24.5 Å². The predicted octanol–water partition coefficient (Wildman–Crippen LogP) is 4.02. The number of rotatable bonds is 4. The van der Waals surface area contributed by atoms with Crippen LogP contribution in [0.15, 0.2) is 54.6 Å². The summed E-state index contributed by atoms with van der Waals surface area (Å²) in [4.78, 5) is 27.6. The van der Waals surface area contributed by atoms with Crippen molar-refractivity contribution in [1.29, 1.82) is 0 Å². The Hall–Kier alpha value is -2.62. The van der Waals surface area contributed by atoms with Crippen molar-refractivity contribution in [2.24, 2.45) is 0 Å². The summed E-state index contributed by atoms with van der Waals surface area (Å²) in [6.45, 7) is 1.83. The number of ether oxygens (including phenoxy) is 1. The van der Waals surface area contributed by atoms with E-state index in [4.69, 9.17) is 4.74 Å². The average molecular weight is 363 g/mol. The third-order valence-electron chi connectivity index (χ3n) is 5.98. The van der Waals surface area contributed by atoms with Gasteiger partial charge >= 0.3 is 5.97 Å². The van der Waals surface area contributed by atoms with Gasteiger partial charge in [-0.05, 0) is 43.4 Å². The van der Waals surface area contributed by atoms with Crippen LogP contribution in [0.25, 0.3) is 0 Å². The van der Waals surface area contributed by atoms with Crippen LogP contribution in [0.2, 0.25) is 0 Å². The van der Waals surface area contributed by atoms with Crippen LogP contribution in [0.3, 0.4) is 0 Å². The van der Waals surface area contributed by atoms with E-state index in [-0.39, 0.29) is 24.5 Å². The highest BCUT2D eigenvalue weighted by Gasteiger charge is 2.44. The normalized spacial score (nSPS) is 20.3. The number of para-hydroxylation sites is 1. The van der Waals surface area contributed by atoms with Crippen LogP contribution in [0, 0.1) is 0 Å².